The summed E-state index contributed by atoms with van der Waals surface area (Å²) in [6.45, 7) is 9.02. The van der Waals surface area contributed by atoms with Crippen LogP contribution in [0, 0.1) is 5.92 Å². The van der Waals surface area contributed by atoms with Crippen molar-refractivity contribution >= 4 is 6.03 Å². The first-order chi connectivity index (χ1) is 12.8. The highest BCUT2D eigenvalue weighted by molar-refractivity contribution is 5.74. The zero-order valence-corrected chi connectivity index (χ0v) is 16.9. The second-order valence-corrected chi connectivity index (χ2v) is 7.13. The van der Waals surface area contributed by atoms with E-state index in [1.54, 1.807) is 19.1 Å². The third-order valence-corrected chi connectivity index (χ3v) is 3.87. The van der Waals surface area contributed by atoms with Gasteiger partial charge < -0.3 is 24.2 Å². The van der Waals surface area contributed by atoms with Crippen molar-refractivity contribution in [3.05, 3.63) is 30.0 Å². The molecule has 7 heteroatoms. The summed E-state index contributed by atoms with van der Waals surface area (Å²) in [7, 11) is 3.21. The largest absolute Gasteiger partial charge is 0.497 e. The molecule has 1 aromatic heterocycles. The van der Waals surface area contributed by atoms with E-state index in [9.17, 15) is 4.79 Å². The number of carbonyl (C=O) groups excluding carboxylic acids is 1. The summed E-state index contributed by atoms with van der Waals surface area (Å²) in [6.07, 6.45) is 0. The number of nitrogens with one attached hydrogen (secondary N) is 1. The molecule has 7 nitrogen and oxygen atoms in total. The minimum absolute atomic E-state index is 0.0704. The Morgan fingerprint density at radius 3 is 2.52 bits per heavy atom. The third-order valence-electron chi connectivity index (χ3n) is 3.87. The summed E-state index contributed by atoms with van der Waals surface area (Å²) in [5, 5.41) is 7.07. The fourth-order valence-corrected chi connectivity index (χ4v) is 2.71. The van der Waals surface area contributed by atoms with Crippen molar-refractivity contribution in [2.75, 3.05) is 20.8 Å². The summed E-state index contributed by atoms with van der Waals surface area (Å²) >= 11 is 0. The van der Waals surface area contributed by atoms with Gasteiger partial charge in [-0.05, 0) is 38.0 Å². The second-order valence-electron chi connectivity index (χ2n) is 7.13. The number of ether oxygens (including phenoxy) is 2. The molecule has 1 N–H and O–H groups in total. The van der Waals surface area contributed by atoms with Crippen LogP contribution in [0.2, 0.25) is 0 Å². The SMILES string of the molecule is COc1ccc(OC)c(-c2cc(CN(CC(C)C)C(=O)NC(C)C)no2)c1. The highest BCUT2D eigenvalue weighted by Crippen LogP contribution is 2.33. The molecular formula is C20H29N3O4. The van der Waals surface area contributed by atoms with E-state index in [1.165, 1.54) is 0 Å². The molecule has 0 bridgehead atoms. The number of amides is 2. The number of methoxy groups -OCH3 is 2. The monoisotopic (exact) mass is 375 g/mol. The fourth-order valence-electron chi connectivity index (χ4n) is 2.71. The third kappa shape index (κ3) is 5.64. The van der Waals surface area contributed by atoms with Crippen LogP contribution in [0.25, 0.3) is 11.3 Å². The number of hydrogen-bond acceptors (Lipinski definition) is 5. The number of nitrogens with zero attached hydrogens (tertiary/aromatic N) is 2. The average Bonchev–Trinajstić information content (AvgIpc) is 3.08. The summed E-state index contributed by atoms with van der Waals surface area (Å²) in [4.78, 5) is 14.2. The Hall–Kier alpha value is -2.70. The molecule has 0 spiro atoms. The topological polar surface area (TPSA) is 76.8 Å². The molecule has 148 valence electrons. The lowest BCUT2D eigenvalue weighted by molar-refractivity contribution is 0.183. The maximum absolute atomic E-state index is 12.5. The Kier molecular flexibility index (Phi) is 7.10. The lowest BCUT2D eigenvalue weighted by Crippen LogP contribution is -2.44. The Balaban J connectivity index is 2.24. The van der Waals surface area contributed by atoms with Crippen LogP contribution < -0.4 is 14.8 Å². The first-order valence-electron chi connectivity index (χ1n) is 9.07. The van der Waals surface area contributed by atoms with Crippen molar-refractivity contribution in [3.8, 4) is 22.8 Å². The highest BCUT2D eigenvalue weighted by Gasteiger charge is 2.19. The molecule has 27 heavy (non-hydrogen) atoms. The molecule has 2 amide bonds. The first-order valence-corrected chi connectivity index (χ1v) is 9.07. The second kappa shape index (κ2) is 9.30. The predicted octanol–water partition coefficient (Wildman–Crippen LogP) is 3.93. The Bertz CT molecular complexity index is 755. The van der Waals surface area contributed by atoms with Gasteiger partial charge in [0.2, 0.25) is 0 Å². The van der Waals surface area contributed by atoms with Crippen molar-refractivity contribution in [2.24, 2.45) is 5.92 Å². The van der Waals surface area contributed by atoms with Crippen LogP contribution >= 0.6 is 0 Å². The molecule has 2 aromatic rings. The maximum atomic E-state index is 12.5. The normalized spacial score (nSPS) is 11.0. The summed E-state index contributed by atoms with van der Waals surface area (Å²) in [5.74, 6) is 2.26. The van der Waals surface area contributed by atoms with Gasteiger partial charge in [0, 0.05) is 18.7 Å². The molecule has 2 rings (SSSR count). The van der Waals surface area contributed by atoms with Crippen LogP contribution in [0.3, 0.4) is 0 Å². The van der Waals surface area contributed by atoms with Crippen molar-refractivity contribution in [3.63, 3.8) is 0 Å². The van der Waals surface area contributed by atoms with Crippen LogP contribution in [-0.4, -0.2) is 42.9 Å². The minimum Gasteiger partial charge on any atom is -0.497 e. The maximum Gasteiger partial charge on any atom is 0.317 e. The van der Waals surface area contributed by atoms with Gasteiger partial charge in [-0.15, -0.1) is 0 Å². The van der Waals surface area contributed by atoms with Gasteiger partial charge in [0.15, 0.2) is 5.76 Å². The first kappa shape index (κ1) is 20.6. The van der Waals surface area contributed by atoms with E-state index < -0.39 is 0 Å². The van der Waals surface area contributed by atoms with Gasteiger partial charge in [-0.25, -0.2) is 4.79 Å². The van der Waals surface area contributed by atoms with Crippen LogP contribution in [0.5, 0.6) is 11.5 Å². The minimum atomic E-state index is -0.109. The smallest absolute Gasteiger partial charge is 0.317 e. The van der Waals surface area contributed by atoms with E-state index in [-0.39, 0.29) is 12.1 Å². The van der Waals surface area contributed by atoms with Gasteiger partial charge in [0.25, 0.3) is 0 Å². The molecular weight excluding hydrogens is 346 g/mol. The fraction of sp³-hybridized carbons (Fsp3) is 0.500. The Labute approximate surface area is 160 Å². The van der Waals surface area contributed by atoms with Gasteiger partial charge in [0.1, 0.15) is 17.2 Å². The van der Waals surface area contributed by atoms with Crippen LogP contribution in [0.4, 0.5) is 4.79 Å². The molecule has 0 aliphatic rings. The molecule has 0 saturated heterocycles. The number of benzene rings is 1. The van der Waals surface area contributed by atoms with E-state index in [2.05, 4.69) is 24.3 Å². The van der Waals surface area contributed by atoms with Gasteiger partial charge in [-0.3, -0.25) is 0 Å². The zero-order valence-electron chi connectivity index (χ0n) is 16.9. The van der Waals surface area contributed by atoms with Crippen LogP contribution in [-0.2, 0) is 6.54 Å². The van der Waals surface area contributed by atoms with Crippen molar-refractivity contribution < 1.29 is 18.8 Å². The summed E-state index contributed by atoms with van der Waals surface area (Å²) in [6, 6.07) is 7.26. The molecule has 1 aromatic carbocycles. The molecule has 0 saturated carbocycles. The molecule has 0 unspecified atom stereocenters. The molecule has 0 radical (unpaired) electrons. The quantitative estimate of drug-likeness (QED) is 0.756. The molecule has 0 aliphatic carbocycles. The Morgan fingerprint density at radius 2 is 1.93 bits per heavy atom. The number of rotatable bonds is 8. The summed E-state index contributed by atoms with van der Waals surface area (Å²) in [5.41, 5.74) is 1.42. The highest BCUT2D eigenvalue weighted by atomic mass is 16.5. The standard InChI is InChI=1S/C20H29N3O4/c1-13(2)11-23(20(24)21-14(3)4)12-15-9-19(27-22-15)17-10-16(25-5)7-8-18(17)26-6/h7-10,13-14H,11-12H2,1-6H3,(H,21,24). The number of urea groups is 1. The number of hydrogen-bond donors (Lipinski definition) is 1. The molecule has 0 aliphatic heterocycles. The Morgan fingerprint density at radius 1 is 1.19 bits per heavy atom. The van der Waals surface area contributed by atoms with Gasteiger partial charge in [0.05, 0.1) is 26.3 Å². The van der Waals surface area contributed by atoms with Gasteiger partial charge in [-0.1, -0.05) is 19.0 Å². The van der Waals surface area contributed by atoms with E-state index in [1.807, 2.05) is 38.1 Å². The summed E-state index contributed by atoms with van der Waals surface area (Å²) < 4.78 is 16.2. The van der Waals surface area contributed by atoms with Crippen molar-refractivity contribution in [1.82, 2.24) is 15.4 Å². The van der Waals surface area contributed by atoms with Crippen molar-refractivity contribution in [1.29, 1.82) is 0 Å². The predicted molar refractivity (Wildman–Crippen MR) is 104 cm³/mol. The van der Waals surface area contributed by atoms with E-state index >= 15 is 0 Å². The van der Waals surface area contributed by atoms with Crippen molar-refractivity contribution in [2.45, 2.75) is 40.3 Å². The molecule has 0 atom stereocenters. The number of carbonyl (C=O) groups is 1. The van der Waals surface area contributed by atoms with Crippen LogP contribution in [0.1, 0.15) is 33.4 Å². The zero-order chi connectivity index (χ0) is 20.0. The molecule has 0 fully saturated rings. The van der Waals surface area contributed by atoms with E-state index in [0.29, 0.717) is 42.0 Å². The van der Waals surface area contributed by atoms with Crippen LogP contribution in [0.15, 0.2) is 28.8 Å². The average molecular weight is 375 g/mol. The number of aromatic nitrogens is 1. The van der Waals surface area contributed by atoms with Gasteiger partial charge >= 0.3 is 6.03 Å². The van der Waals surface area contributed by atoms with E-state index in [0.717, 1.165) is 5.56 Å². The lowest BCUT2D eigenvalue weighted by Gasteiger charge is -2.25. The molecule has 1 heterocycles. The van der Waals surface area contributed by atoms with E-state index in [4.69, 9.17) is 14.0 Å². The van der Waals surface area contributed by atoms with Gasteiger partial charge in [-0.2, -0.15) is 0 Å². The lowest BCUT2D eigenvalue weighted by atomic mass is 10.1.